The van der Waals surface area contributed by atoms with Gasteiger partial charge >= 0.3 is 0 Å². The number of ether oxygens (including phenoxy) is 2. The fourth-order valence-corrected chi connectivity index (χ4v) is 3.95. The summed E-state index contributed by atoms with van der Waals surface area (Å²) >= 11 is 0. The Hall–Kier alpha value is -3.45. The Morgan fingerprint density at radius 3 is 2.45 bits per heavy atom. The number of rotatable bonds is 7. The number of Topliss-reactive ketones (excluding diaryl/α,β-unsaturated/α-hetero) is 1. The molecule has 3 atom stereocenters. The lowest BCUT2D eigenvalue weighted by atomic mass is 9.85. The molecule has 4 N–H and O–H groups in total. The van der Waals surface area contributed by atoms with Crippen LogP contribution in [0.3, 0.4) is 0 Å². The van der Waals surface area contributed by atoms with Crippen molar-refractivity contribution in [3.8, 4) is 28.7 Å². The number of aliphatic hydroxyl groups excluding tert-OH is 1. The molecule has 0 aromatic heterocycles. The van der Waals surface area contributed by atoms with Crippen molar-refractivity contribution in [2.45, 2.75) is 45.8 Å². The highest BCUT2D eigenvalue weighted by molar-refractivity contribution is 6.06. The van der Waals surface area contributed by atoms with Crippen molar-refractivity contribution in [1.29, 1.82) is 0 Å². The smallest absolute Gasteiger partial charge is 0.202 e. The number of aliphatic hydroxyl groups is 1. The van der Waals surface area contributed by atoms with Gasteiger partial charge in [0.05, 0.1) is 7.11 Å². The molecule has 0 radical (unpaired) electrons. The standard InChI is InChI=1S/C26H30O7/c1-13(2)6-7-15(14(3)4)10-18-20(29)12-21(32-5)22-23(30)24(31)26(33-25(18)22)17-9-8-16(27)11-19(17)28/h6,8-9,11-12,15,24,26-29,31H,3,7,10H2,1-2,4-5H3/t15-,24-,26-/m1/s1. The van der Waals surface area contributed by atoms with Crippen molar-refractivity contribution in [3.05, 3.63) is 64.8 Å². The molecule has 176 valence electrons. The summed E-state index contributed by atoms with van der Waals surface area (Å²) in [6.45, 7) is 9.98. The number of fused-ring (bicyclic) bond motifs is 1. The largest absolute Gasteiger partial charge is 0.508 e. The van der Waals surface area contributed by atoms with Gasteiger partial charge in [-0.15, -0.1) is 0 Å². The van der Waals surface area contributed by atoms with Gasteiger partial charge in [0.2, 0.25) is 5.78 Å². The van der Waals surface area contributed by atoms with E-state index in [9.17, 15) is 25.2 Å². The zero-order valence-electron chi connectivity index (χ0n) is 19.3. The van der Waals surface area contributed by atoms with E-state index in [2.05, 4.69) is 12.7 Å². The maximum absolute atomic E-state index is 13.2. The maximum Gasteiger partial charge on any atom is 0.202 e. The zero-order valence-corrected chi connectivity index (χ0v) is 19.3. The summed E-state index contributed by atoms with van der Waals surface area (Å²) in [5.74, 6) is -1.10. The Bertz CT molecular complexity index is 1110. The molecule has 0 saturated heterocycles. The Kier molecular flexibility index (Phi) is 7.03. The van der Waals surface area contributed by atoms with Gasteiger partial charge in [0.25, 0.3) is 0 Å². The number of methoxy groups -OCH3 is 1. The second-order valence-electron chi connectivity index (χ2n) is 8.64. The predicted octanol–water partition coefficient (Wildman–Crippen LogP) is 4.58. The van der Waals surface area contributed by atoms with Crippen LogP contribution in [-0.2, 0) is 6.42 Å². The van der Waals surface area contributed by atoms with Gasteiger partial charge in [-0.25, -0.2) is 0 Å². The van der Waals surface area contributed by atoms with E-state index in [-0.39, 0.29) is 45.8 Å². The van der Waals surface area contributed by atoms with E-state index in [1.807, 2.05) is 20.8 Å². The second-order valence-corrected chi connectivity index (χ2v) is 8.64. The third-order valence-electron chi connectivity index (χ3n) is 5.87. The van der Waals surface area contributed by atoms with Crippen molar-refractivity contribution in [3.63, 3.8) is 0 Å². The SMILES string of the molecule is C=C(C)[C@H](CC=C(C)C)Cc1c(O)cc(OC)c2c1O[C@H](c1ccc(O)cc1O)[C@H](O)C2=O. The summed E-state index contributed by atoms with van der Waals surface area (Å²) < 4.78 is 11.4. The van der Waals surface area contributed by atoms with Gasteiger partial charge in [-0.3, -0.25) is 4.79 Å². The van der Waals surface area contributed by atoms with Gasteiger partial charge in [-0.05, 0) is 51.7 Å². The molecule has 1 aliphatic rings. The van der Waals surface area contributed by atoms with Gasteiger partial charge in [0.15, 0.2) is 12.2 Å². The fraction of sp³-hybridized carbons (Fsp3) is 0.346. The third-order valence-corrected chi connectivity index (χ3v) is 5.87. The average molecular weight is 455 g/mol. The molecule has 0 amide bonds. The summed E-state index contributed by atoms with van der Waals surface area (Å²) in [6, 6.07) is 5.15. The number of carbonyl (C=O) groups is 1. The number of hydrogen-bond donors (Lipinski definition) is 4. The molecule has 1 aliphatic heterocycles. The molecule has 7 heteroatoms. The predicted molar refractivity (Wildman–Crippen MR) is 124 cm³/mol. The first-order chi connectivity index (χ1) is 15.5. The molecular formula is C26H30O7. The molecule has 0 fully saturated rings. The number of carbonyl (C=O) groups excluding carboxylic acids is 1. The summed E-state index contributed by atoms with van der Waals surface area (Å²) in [5, 5.41) is 41.5. The lowest BCUT2D eigenvalue weighted by Gasteiger charge is -2.33. The van der Waals surface area contributed by atoms with Gasteiger partial charge in [-0.1, -0.05) is 23.8 Å². The van der Waals surface area contributed by atoms with Crippen LogP contribution in [0.4, 0.5) is 0 Å². The van der Waals surface area contributed by atoms with E-state index >= 15 is 0 Å². The van der Waals surface area contributed by atoms with E-state index in [0.29, 0.717) is 18.4 Å². The number of hydrogen-bond acceptors (Lipinski definition) is 7. The summed E-state index contributed by atoms with van der Waals surface area (Å²) in [5.41, 5.74) is 2.62. The molecule has 0 saturated carbocycles. The number of phenols is 3. The van der Waals surface area contributed by atoms with Crippen molar-refractivity contribution in [1.82, 2.24) is 0 Å². The van der Waals surface area contributed by atoms with Gasteiger partial charge in [-0.2, -0.15) is 0 Å². The van der Waals surface area contributed by atoms with Crippen LogP contribution >= 0.6 is 0 Å². The molecule has 0 aliphatic carbocycles. The lowest BCUT2D eigenvalue weighted by Crippen LogP contribution is -2.37. The van der Waals surface area contributed by atoms with Crippen LogP contribution in [0.25, 0.3) is 0 Å². The van der Waals surface area contributed by atoms with E-state index in [0.717, 1.165) is 17.2 Å². The highest BCUT2D eigenvalue weighted by Crippen LogP contribution is 2.48. The molecule has 0 spiro atoms. The van der Waals surface area contributed by atoms with Crippen molar-refractivity contribution < 1.29 is 34.7 Å². The van der Waals surface area contributed by atoms with Crippen molar-refractivity contribution >= 4 is 5.78 Å². The topological polar surface area (TPSA) is 116 Å². The Labute approximate surface area is 193 Å². The lowest BCUT2D eigenvalue weighted by molar-refractivity contribution is 0.0197. The number of phenolic OH excluding ortho intramolecular Hbond substituents is 3. The molecule has 2 aromatic rings. The minimum absolute atomic E-state index is 0.0330. The maximum atomic E-state index is 13.2. The van der Waals surface area contributed by atoms with Crippen molar-refractivity contribution in [2.24, 2.45) is 5.92 Å². The van der Waals surface area contributed by atoms with Crippen LogP contribution in [0.2, 0.25) is 0 Å². The van der Waals surface area contributed by atoms with Crippen LogP contribution in [0.1, 0.15) is 54.8 Å². The van der Waals surface area contributed by atoms with Crippen molar-refractivity contribution in [2.75, 3.05) is 7.11 Å². The van der Waals surface area contributed by atoms with E-state index in [1.165, 1.54) is 25.3 Å². The Morgan fingerprint density at radius 1 is 1.18 bits per heavy atom. The molecule has 3 rings (SSSR count). The highest BCUT2D eigenvalue weighted by atomic mass is 16.5. The molecule has 0 bridgehead atoms. The van der Waals surface area contributed by atoms with Crippen LogP contribution in [-0.4, -0.2) is 39.4 Å². The minimum atomic E-state index is -1.62. The van der Waals surface area contributed by atoms with E-state index in [4.69, 9.17) is 9.47 Å². The van der Waals surface area contributed by atoms with E-state index < -0.39 is 18.0 Å². The van der Waals surface area contributed by atoms with Crippen LogP contribution in [0.15, 0.2) is 48.1 Å². The number of benzene rings is 2. The Balaban J connectivity index is 2.14. The summed E-state index contributed by atoms with van der Waals surface area (Å²) in [7, 11) is 1.36. The van der Waals surface area contributed by atoms with Crippen LogP contribution in [0, 0.1) is 5.92 Å². The first-order valence-electron chi connectivity index (χ1n) is 10.7. The van der Waals surface area contributed by atoms with Gasteiger partial charge < -0.3 is 29.9 Å². The minimum Gasteiger partial charge on any atom is -0.508 e. The fourth-order valence-electron chi connectivity index (χ4n) is 3.95. The molecule has 7 nitrogen and oxygen atoms in total. The summed E-state index contributed by atoms with van der Waals surface area (Å²) in [6.07, 6.45) is 0.254. The molecule has 33 heavy (non-hydrogen) atoms. The first-order valence-corrected chi connectivity index (χ1v) is 10.7. The number of aromatic hydroxyl groups is 3. The Morgan fingerprint density at radius 2 is 1.88 bits per heavy atom. The van der Waals surface area contributed by atoms with Gasteiger partial charge in [0.1, 0.15) is 34.3 Å². The third kappa shape index (κ3) is 4.83. The van der Waals surface area contributed by atoms with Crippen LogP contribution < -0.4 is 9.47 Å². The van der Waals surface area contributed by atoms with Gasteiger partial charge in [0, 0.05) is 23.3 Å². The monoisotopic (exact) mass is 454 g/mol. The average Bonchev–Trinajstić information content (AvgIpc) is 2.74. The van der Waals surface area contributed by atoms with Crippen LogP contribution in [0.5, 0.6) is 28.7 Å². The summed E-state index contributed by atoms with van der Waals surface area (Å²) in [4.78, 5) is 13.2. The second kappa shape index (κ2) is 9.58. The normalized spacial score (nSPS) is 18.2. The highest BCUT2D eigenvalue weighted by Gasteiger charge is 2.42. The van der Waals surface area contributed by atoms with E-state index in [1.54, 1.807) is 0 Å². The molecular weight excluding hydrogens is 424 g/mol. The first kappa shape index (κ1) is 24.2. The number of ketones is 1. The number of allylic oxidation sites excluding steroid dienone is 3. The molecule has 0 unspecified atom stereocenters. The quantitative estimate of drug-likeness (QED) is 0.453. The zero-order chi connectivity index (χ0) is 24.4. The molecule has 1 heterocycles. The molecule has 2 aromatic carbocycles.